The van der Waals surface area contributed by atoms with Crippen LogP contribution in [-0.2, 0) is 0 Å². The standard InChI is InChI=1S/C11H13BrCl2O/c1-6(2)10(14)8-4-7(13)5-9(12)11(8)15-3/h4-6,10H,1-3H3. The summed E-state index contributed by atoms with van der Waals surface area (Å²) in [4.78, 5) is 0. The topological polar surface area (TPSA) is 9.23 Å². The van der Waals surface area contributed by atoms with E-state index in [1.54, 1.807) is 13.2 Å². The molecule has 0 aromatic heterocycles. The van der Waals surface area contributed by atoms with Crippen molar-refractivity contribution in [3.8, 4) is 5.75 Å². The number of hydrogen-bond donors (Lipinski definition) is 0. The average Bonchev–Trinajstić information content (AvgIpc) is 2.15. The Morgan fingerprint density at radius 2 is 1.93 bits per heavy atom. The number of halogens is 3. The van der Waals surface area contributed by atoms with Gasteiger partial charge in [0.05, 0.1) is 17.0 Å². The van der Waals surface area contributed by atoms with Crippen LogP contribution in [0.4, 0.5) is 0 Å². The Labute approximate surface area is 109 Å². The lowest BCUT2D eigenvalue weighted by molar-refractivity contribution is 0.403. The van der Waals surface area contributed by atoms with Crippen molar-refractivity contribution < 1.29 is 4.74 Å². The van der Waals surface area contributed by atoms with E-state index < -0.39 is 0 Å². The molecule has 0 saturated carbocycles. The Kier molecular flexibility index (Phi) is 4.75. The van der Waals surface area contributed by atoms with Crippen LogP contribution in [0, 0.1) is 5.92 Å². The Morgan fingerprint density at radius 1 is 1.33 bits per heavy atom. The van der Waals surface area contributed by atoms with Crippen molar-refractivity contribution in [2.24, 2.45) is 5.92 Å². The minimum atomic E-state index is -0.102. The summed E-state index contributed by atoms with van der Waals surface area (Å²) in [7, 11) is 1.63. The summed E-state index contributed by atoms with van der Waals surface area (Å²) in [5, 5.41) is 0.555. The fourth-order valence-electron chi connectivity index (χ4n) is 1.36. The van der Waals surface area contributed by atoms with Crippen LogP contribution in [0.25, 0.3) is 0 Å². The summed E-state index contributed by atoms with van der Waals surface area (Å²) in [5.74, 6) is 1.08. The molecular formula is C11H13BrCl2O. The van der Waals surface area contributed by atoms with Crippen LogP contribution in [-0.4, -0.2) is 7.11 Å². The van der Waals surface area contributed by atoms with Crippen molar-refractivity contribution in [2.75, 3.05) is 7.11 Å². The van der Waals surface area contributed by atoms with Gasteiger partial charge in [-0.05, 0) is 34.0 Å². The zero-order valence-corrected chi connectivity index (χ0v) is 11.9. The van der Waals surface area contributed by atoms with E-state index in [1.807, 2.05) is 6.07 Å². The summed E-state index contributed by atoms with van der Waals surface area (Å²) in [5.41, 5.74) is 0.925. The second-order valence-electron chi connectivity index (χ2n) is 3.66. The predicted octanol–water partition coefficient (Wildman–Crippen LogP) is 5.05. The van der Waals surface area contributed by atoms with E-state index in [1.165, 1.54) is 0 Å². The molecule has 0 aliphatic rings. The molecule has 1 unspecified atom stereocenters. The molecule has 4 heteroatoms. The fraction of sp³-hybridized carbons (Fsp3) is 0.455. The van der Waals surface area contributed by atoms with E-state index in [4.69, 9.17) is 27.9 Å². The molecule has 0 saturated heterocycles. The lowest BCUT2D eigenvalue weighted by atomic mass is 10.0. The average molecular weight is 312 g/mol. The minimum Gasteiger partial charge on any atom is -0.495 e. The van der Waals surface area contributed by atoms with Gasteiger partial charge in [0.25, 0.3) is 0 Å². The molecule has 0 aliphatic carbocycles. The van der Waals surface area contributed by atoms with Crippen molar-refractivity contribution in [1.82, 2.24) is 0 Å². The highest BCUT2D eigenvalue weighted by atomic mass is 79.9. The first kappa shape index (κ1) is 13.1. The summed E-state index contributed by atoms with van der Waals surface area (Å²) in [6.45, 7) is 4.12. The Bertz CT molecular complexity index is 353. The van der Waals surface area contributed by atoms with Gasteiger partial charge in [-0.1, -0.05) is 25.4 Å². The van der Waals surface area contributed by atoms with Crippen molar-refractivity contribution in [3.05, 3.63) is 27.2 Å². The van der Waals surface area contributed by atoms with Crippen molar-refractivity contribution in [2.45, 2.75) is 19.2 Å². The van der Waals surface area contributed by atoms with Crippen LogP contribution in [0.15, 0.2) is 16.6 Å². The molecule has 0 N–H and O–H groups in total. The van der Waals surface area contributed by atoms with Gasteiger partial charge in [-0.15, -0.1) is 11.6 Å². The molecule has 0 fully saturated rings. The third-order valence-electron chi connectivity index (χ3n) is 2.12. The predicted molar refractivity (Wildman–Crippen MR) is 69.1 cm³/mol. The number of benzene rings is 1. The molecule has 0 heterocycles. The van der Waals surface area contributed by atoms with Gasteiger partial charge in [0.15, 0.2) is 0 Å². The highest BCUT2D eigenvalue weighted by Gasteiger charge is 2.19. The van der Waals surface area contributed by atoms with Crippen LogP contribution in [0.1, 0.15) is 24.8 Å². The maximum Gasteiger partial charge on any atom is 0.137 e. The maximum absolute atomic E-state index is 6.31. The summed E-state index contributed by atoms with van der Waals surface area (Å²) < 4.78 is 6.14. The third-order valence-corrected chi connectivity index (χ3v) is 3.67. The smallest absolute Gasteiger partial charge is 0.137 e. The molecule has 0 aliphatic heterocycles. The van der Waals surface area contributed by atoms with Gasteiger partial charge >= 0.3 is 0 Å². The molecule has 0 spiro atoms. The second-order valence-corrected chi connectivity index (χ2v) is 5.42. The van der Waals surface area contributed by atoms with Gasteiger partial charge in [0.2, 0.25) is 0 Å². The Morgan fingerprint density at radius 3 is 2.40 bits per heavy atom. The molecular weight excluding hydrogens is 299 g/mol. The van der Waals surface area contributed by atoms with Crippen LogP contribution in [0.3, 0.4) is 0 Å². The molecule has 1 aromatic rings. The van der Waals surface area contributed by atoms with Crippen LogP contribution in [0.2, 0.25) is 5.02 Å². The summed E-state index contributed by atoms with van der Waals surface area (Å²) in [6.07, 6.45) is 0. The summed E-state index contributed by atoms with van der Waals surface area (Å²) >= 11 is 15.7. The maximum atomic E-state index is 6.31. The molecule has 15 heavy (non-hydrogen) atoms. The van der Waals surface area contributed by atoms with Crippen LogP contribution < -0.4 is 4.74 Å². The Hall–Kier alpha value is 0.0800. The van der Waals surface area contributed by atoms with Gasteiger partial charge in [-0.25, -0.2) is 0 Å². The van der Waals surface area contributed by atoms with E-state index in [0.717, 1.165) is 15.8 Å². The van der Waals surface area contributed by atoms with E-state index >= 15 is 0 Å². The first-order valence-electron chi connectivity index (χ1n) is 4.64. The normalized spacial score (nSPS) is 13.0. The van der Waals surface area contributed by atoms with Gasteiger partial charge in [0, 0.05) is 10.6 Å². The second kappa shape index (κ2) is 5.42. The number of hydrogen-bond acceptors (Lipinski definition) is 1. The molecule has 84 valence electrons. The van der Waals surface area contributed by atoms with Gasteiger partial charge in [-0.3, -0.25) is 0 Å². The first-order chi connectivity index (χ1) is 6.97. The van der Waals surface area contributed by atoms with E-state index in [9.17, 15) is 0 Å². The molecule has 0 radical (unpaired) electrons. The molecule has 1 atom stereocenters. The quantitative estimate of drug-likeness (QED) is 0.710. The van der Waals surface area contributed by atoms with E-state index in [2.05, 4.69) is 29.8 Å². The molecule has 0 amide bonds. The van der Waals surface area contributed by atoms with Gasteiger partial charge in [0.1, 0.15) is 5.75 Å². The van der Waals surface area contributed by atoms with E-state index in [-0.39, 0.29) is 5.38 Å². The van der Waals surface area contributed by atoms with E-state index in [0.29, 0.717) is 10.9 Å². The lowest BCUT2D eigenvalue weighted by Gasteiger charge is -2.18. The fourth-order valence-corrected chi connectivity index (χ4v) is 2.52. The monoisotopic (exact) mass is 310 g/mol. The number of methoxy groups -OCH3 is 1. The van der Waals surface area contributed by atoms with Gasteiger partial charge < -0.3 is 4.74 Å². The van der Waals surface area contributed by atoms with Crippen LogP contribution >= 0.6 is 39.1 Å². The first-order valence-corrected chi connectivity index (χ1v) is 6.25. The van der Waals surface area contributed by atoms with Crippen molar-refractivity contribution >= 4 is 39.1 Å². The minimum absolute atomic E-state index is 0.102. The molecule has 0 bridgehead atoms. The molecule has 1 rings (SSSR count). The zero-order chi connectivity index (χ0) is 11.6. The third kappa shape index (κ3) is 3.02. The lowest BCUT2D eigenvalue weighted by Crippen LogP contribution is -2.02. The number of alkyl halides is 1. The Balaban J connectivity index is 3.26. The largest absolute Gasteiger partial charge is 0.495 e. The number of rotatable bonds is 3. The molecule has 1 nitrogen and oxygen atoms in total. The van der Waals surface area contributed by atoms with Crippen molar-refractivity contribution in [1.29, 1.82) is 0 Å². The van der Waals surface area contributed by atoms with Gasteiger partial charge in [-0.2, -0.15) is 0 Å². The van der Waals surface area contributed by atoms with Crippen LogP contribution in [0.5, 0.6) is 5.75 Å². The summed E-state index contributed by atoms with van der Waals surface area (Å²) in [6, 6.07) is 3.65. The SMILES string of the molecule is COc1c(Br)cc(Cl)cc1C(Cl)C(C)C. The van der Waals surface area contributed by atoms with Crippen molar-refractivity contribution in [3.63, 3.8) is 0 Å². The molecule has 1 aromatic carbocycles. The highest BCUT2D eigenvalue weighted by Crippen LogP contribution is 2.41. The number of ether oxygens (including phenoxy) is 1. The zero-order valence-electron chi connectivity index (χ0n) is 8.85. The highest BCUT2D eigenvalue weighted by molar-refractivity contribution is 9.10.